The van der Waals surface area contributed by atoms with Gasteiger partial charge in [-0.1, -0.05) is 37.1 Å². The van der Waals surface area contributed by atoms with Crippen LogP contribution in [0.25, 0.3) is 0 Å². The number of piperidine rings is 1. The summed E-state index contributed by atoms with van der Waals surface area (Å²) in [6, 6.07) is 11.1. The fourth-order valence-corrected chi connectivity index (χ4v) is 5.12. The molecule has 1 N–H and O–H groups in total. The van der Waals surface area contributed by atoms with Crippen LogP contribution in [0.3, 0.4) is 0 Å². The summed E-state index contributed by atoms with van der Waals surface area (Å²) >= 11 is 6.18. The first-order chi connectivity index (χ1) is 15.2. The van der Waals surface area contributed by atoms with Crippen molar-refractivity contribution in [3.05, 3.63) is 58.6 Å². The van der Waals surface area contributed by atoms with Crippen LogP contribution >= 0.6 is 11.6 Å². The van der Waals surface area contributed by atoms with Crippen LogP contribution in [0, 0.1) is 0 Å². The SMILES string of the molecule is CCc1ccc(C(=O)O[C@H](C)C(=O)Nc2cc(S(=O)(=O)N3CCCCC3)ccc2Cl)cc1. The predicted octanol–water partition coefficient (Wildman–Crippen LogP) is 4.26. The largest absolute Gasteiger partial charge is 0.449 e. The third-order valence-electron chi connectivity index (χ3n) is 5.40. The Kier molecular flexibility index (Phi) is 7.92. The van der Waals surface area contributed by atoms with E-state index in [1.807, 2.05) is 19.1 Å². The second-order valence-electron chi connectivity index (χ2n) is 7.69. The topological polar surface area (TPSA) is 92.8 Å². The van der Waals surface area contributed by atoms with Crippen LogP contribution in [0.1, 0.15) is 49.0 Å². The van der Waals surface area contributed by atoms with Crippen molar-refractivity contribution in [2.75, 3.05) is 18.4 Å². The number of benzene rings is 2. The summed E-state index contributed by atoms with van der Waals surface area (Å²) in [5, 5.41) is 2.75. The Bertz CT molecular complexity index is 1080. The molecule has 2 aromatic rings. The number of hydrogen-bond donors (Lipinski definition) is 1. The Morgan fingerprint density at radius 2 is 1.75 bits per heavy atom. The van der Waals surface area contributed by atoms with Crippen LogP contribution < -0.4 is 5.32 Å². The second kappa shape index (κ2) is 10.5. The second-order valence-corrected chi connectivity index (χ2v) is 10.0. The molecular formula is C23H27ClN2O5S. The maximum atomic E-state index is 12.9. The summed E-state index contributed by atoms with van der Waals surface area (Å²) in [6.45, 7) is 4.39. The van der Waals surface area contributed by atoms with Crippen molar-refractivity contribution >= 4 is 39.2 Å². The number of ether oxygens (including phenoxy) is 1. The third-order valence-corrected chi connectivity index (χ3v) is 7.62. The minimum atomic E-state index is -3.68. The Hall–Kier alpha value is -2.42. The van der Waals surface area contributed by atoms with Crippen LogP contribution in [0.5, 0.6) is 0 Å². The Morgan fingerprint density at radius 3 is 2.38 bits per heavy atom. The van der Waals surface area contributed by atoms with E-state index in [2.05, 4.69) is 5.32 Å². The zero-order valence-electron chi connectivity index (χ0n) is 18.1. The lowest BCUT2D eigenvalue weighted by molar-refractivity contribution is -0.123. The van der Waals surface area contributed by atoms with Crippen molar-refractivity contribution in [2.24, 2.45) is 0 Å². The van der Waals surface area contributed by atoms with Gasteiger partial charge in [0, 0.05) is 13.1 Å². The lowest BCUT2D eigenvalue weighted by Gasteiger charge is -2.26. The molecular weight excluding hydrogens is 452 g/mol. The number of carbonyl (C=O) groups is 2. The number of sulfonamides is 1. The van der Waals surface area contributed by atoms with Crippen LogP contribution in [0.2, 0.25) is 5.02 Å². The normalized spacial score (nSPS) is 15.7. The van der Waals surface area contributed by atoms with Gasteiger partial charge < -0.3 is 10.1 Å². The van der Waals surface area contributed by atoms with E-state index in [9.17, 15) is 18.0 Å². The molecule has 1 saturated heterocycles. The summed E-state index contributed by atoms with van der Waals surface area (Å²) < 4.78 is 32.5. The number of amides is 1. The molecule has 1 heterocycles. The minimum Gasteiger partial charge on any atom is -0.449 e. The number of aryl methyl sites for hydroxylation is 1. The van der Waals surface area contributed by atoms with Gasteiger partial charge in [-0.3, -0.25) is 4.79 Å². The Morgan fingerprint density at radius 1 is 1.09 bits per heavy atom. The number of rotatable bonds is 7. The van der Waals surface area contributed by atoms with Crippen LogP contribution in [0.15, 0.2) is 47.4 Å². The van der Waals surface area contributed by atoms with Crippen molar-refractivity contribution < 1.29 is 22.7 Å². The van der Waals surface area contributed by atoms with E-state index in [1.165, 1.54) is 29.4 Å². The summed E-state index contributed by atoms with van der Waals surface area (Å²) in [5.41, 5.74) is 1.57. The van der Waals surface area contributed by atoms with Gasteiger partial charge in [0.2, 0.25) is 10.0 Å². The van der Waals surface area contributed by atoms with Crippen molar-refractivity contribution in [3.63, 3.8) is 0 Å². The fraction of sp³-hybridized carbons (Fsp3) is 0.391. The van der Waals surface area contributed by atoms with Crippen molar-refractivity contribution in [1.29, 1.82) is 0 Å². The van der Waals surface area contributed by atoms with Crippen LogP contribution in [0.4, 0.5) is 5.69 Å². The average Bonchev–Trinajstić information content (AvgIpc) is 2.80. The molecule has 1 amide bonds. The summed E-state index contributed by atoms with van der Waals surface area (Å²) in [7, 11) is -3.68. The molecule has 1 aliphatic heterocycles. The standard InChI is InChI=1S/C23H27ClN2O5S/c1-3-17-7-9-18(10-8-17)23(28)31-16(2)22(27)25-21-15-19(11-12-20(21)24)32(29,30)26-13-5-4-6-14-26/h7-12,15-16H,3-6,13-14H2,1-2H3,(H,25,27)/t16-/m1/s1. The van der Waals surface area contributed by atoms with Gasteiger partial charge in [0.1, 0.15) is 0 Å². The van der Waals surface area contributed by atoms with E-state index in [0.717, 1.165) is 31.2 Å². The fourth-order valence-electron chi connectivity index (χ4n) is 3.41. The molecule has 7 nitrogen and oxygen atoms in total. The molecule has 0 saturated carbocycles. The van der Waals surface area contributed by atoms with Gasteiger partial charge in [-0.25, -0.2) is 13.2 Å². The highest BCUT2D eigenvalue weighted by atomic mass is 35.5. The number of halogens is 1. The van der Waals surface area contributed by atoms with E-state index in [-0.39, 0.29) is 15.6 Å². The van der Waals surface area contributed by atoms with Crippen LogP contribution in [-0.2, 0) is 26.0 Å². The molecule has 0 spiro atoms. The number of nitrogens with zero attached hydrogens (tertiary/aromatic N) is 1. The summed E-state index contributed by atoms with van der Waals surface area (Å²) in [6.07, 6.45) is 2.39. The maximum Gasteiger partial charge on any atom is 0.338 e. The molecule has 0 aromatic heterocycles. The molecule has 1 fully saturated rings. The first-order valence-electron chi connectivity index (χ1n) is 10.6. The quantitative estimate of drug-likeness (QED) is 0.600. The molecule has 0 unspecified atom stereocenters. The zero-order valence-corrected chi connectivity index (χ0v) is 19.7. The lowest BCUT2D eigenvalue weighted by Crippen LogP contribution is -2.35. The predicted molar refractivity (Wildman–Crippen MR) is 123 cm³/mol. The zero-order chi connectivity index (χ0) is 23.3. The molecule has 172 valence electrons. The van der Waals surface area contributed by atoms with E-state index in [0.29, 0.717) is 18.7 Å². The minimum absolute atomic E-state index is 0.0553. The summed E-state index contributed by atoms with van der Waals surface area (Å²) in [4.78, 5) is 25.0. The molecule has 9 heteroatoms. The molecule has 3 rings (SSSR count). The third kappa shape index (κ3) is 5.68. The Balaban J connectivity index is 1.69. The Labute approximate surface area is 193 Å². The van der Waals surface area contributed by atoms with Gasteiger partial charge in [0.25, 0.3) is 5.91 Å². The number of anilines is 1. The van der Waals surface area contributed by atoms with E-state index in [4.69, 9.17) is 16.3 Å². The van der Waals surface area contributed by atoms with E-state index >= 15 is 0 Å². The van der Waals surface area contributed by atoms with Crippen molar-refractivity contribution in [1.82, 2.24) is 4.31 Å². The van der Waals surface area contributed by atoms with Crippen LogP contribution in [-0.4, -0.2) is 43.8 Å². The number of esters is 1. The molecule has 1 atom stereocenters. The van der Waals surface area contributed by atoms with Gasteiger partial charge in [-0.2, -0.15) is 4.31 Å². The number of nitrogens with one attached hydrogen (secondary N) is 1. The average molecular weight is 479 g/mol. The lowest BCUT2D eigenvalue weighted by atomic mass is 10.1. The highest BCUT2D eigenvalue weighted by Crippen LogP contribution is 2.28. The van der Waals surface area contributed by atoms with Gasteiger partial charge >= 0.3 is 5.97 Å². The summed E-state index contributed by atoms with van der Waals surface area (Å²) in [5.74, 6) is -1.24. The maximum absolute atomic E-state index is 12.9. The van der Waals surface area contributed by atoms with Gasteiger partial charge in [0.15, 0.2) is 6.10 Å². The molecule has 32 heavy (non-hydrogen) atoms. The molecule has 0 aliphatic carbocycles. The molecule has 0 radical (unpaired) electrons. The highest BCUT2D eigenvalue weighted by Gasteiger charge is 2.27. The number of carbonyl (C=O) groups excluding carboxylic acids is 2. The molecule has 0 bridgehead atoms. The molecule has 2 aromatic carbocycles. The van der Waals surface area contributed by atoms with Gasteiger partial charge in [-0.15, -0.1) is 0 Å². The highest BCUT2D eigenvalue weighted by molar-refractivity contribution is 7.89. The first-order valence-corrected chi connectivity index (χ1v) is 12.4. The van der Waals surface area contributed by atoms with E-state index in [1.54, 1.807) is 12.1 Å². The number of hydrogen-bond acceptors (Lipinski definition) is 5. The van der Waals surface area contributed by atoms with Gasteiger partial charge in [-0.05, 0) is 62.1 Å². The smallest absolute Gasteiger partial charge is 0.338 e. The first kappa shape index (κ1) is 24.2. The van der Waals surface area contributed by atoms with Crippen molar-refractivity contribution in [2.45, 2.75) is 50.5 Å². The van der Waals surface area contributed by atoms with Gasteiger partial charge in [0.05, 0.1) is 21.2 Å². The molecule has 1 aliphatic rings. The monoisotopic (exact) mass is 478 g/mol. The van der Waals surface area contributed by atoms with Crippen molar-refractivity contribution in [3.8, 4) is 0 Å². The van der Waals surface area contributed by atoms with E-state index < -0.39 is 28.0 Å².